The Kier molecular flexibility index (Phi) is 4.37. The summed E-state index contributed by atoms with van der Waals surface area (Å²) in [5.41, 5.74) is 1.41. The Hall–Kier alpha value is -1.50. The monoisotopic (exact) mass is 368 g/mol. The van der Waals surface area contributed by atoms with Crippen LogP contribution in [0.2, 0.25) is 0 Å². The highest BCUT2D eigenvalue weighted by Gasteiger charge is 2.66. The quantitative estimate of drug-likeness (QED) is 0.400. The second-order valence-electron chi connectivity index (χ2n) is 10.4. The van der Waals surface area contributed by atoms with Gasteiger partial charge in [0.2, 0.25) is 12.2 Å². The molecule has 27 heavy (non-hydrogen) atoms. The van der Waals surface area contributed by atoms with E-state index in [4.69, 9.17) is 0 Å². The fourth-order valence-electron chi connectivity index (χ4n) is 7.97. The summed E-state index contributed by atoms with van der Waals surface area (Å²) in [6, 6.07) is 0.0711. The molecular weight excluding hydrogens is 336 g/mol. The predicted octanol–water partition coefficient (Wildman–Crippen LogP) is 4.99. The van der Waals surface area contributed by atoms with E-state index < -0.39 is 0 Å². The molecule has 0 N–H and O–H groups in total. The third-order valence-electron chi connectivity index (χ3n) is 8.99. The van der Waals surface area contributed by atoms with Crippen molar-refractivity contribution in [1.29, 1.82) is 0 Å². The molecule has 5 aliphatic carbocycles. The summed E-state index contributed by atoms with van der Waals surface area (Å²) in [5, 5.41) is 0. The van der Waals surface area contributed by atoms with Gasteiger partial charge in [0.05, 0.1) is 11.6 Å². The van der Waals surface area contributed by atoms with Crippen LogP contribution >= 0.6 is 0 Å². The molecule has 146 valence electrons. The fraction of sp³-hybridized carbons (Fsp3) is 0.826. The smallest absolute Gasteiger partial charge is 0.211 e. The number of hydrogen-bond donors (Lipinski definition) is 0. The van der Waals surface area contributed by atoms with Crippen molar-refractivity contribution >= 4 is 12.2 Å². The Bertz CT molecular complexity index is 760. The van der Waals surface area contributed by atoms with Gasteiger partial charge >= 0.3 is 0 Å². The summed E-state index contributed by atoms with van der Waals surface area (Å²) < 4.78 is 0. The lowest BCUT2D eigenvalue weighted by molar-refractivity contribution is -0.134. The third-order valence-corrected chi connectivity index (χ3v) is 8.99. The molecule has 5 aliphatic rings. The molecule has 0 saturated heterocycles. The van der Waals surface area contributed by atoms with Gasteiger partial charge in [-0.3, -0.25) is 0 Å². The fourth-order valence-corrected chi connectivity index (χ4v) is 7.97. The Labute approximate surface area is 162 Å². The number of isocyanates is 2. The Morgan fingerprint density at radius 3 is 2.52 bits per heavy atom. The topological polar surface area (TPSA) is 58.9 Å². The maximum Gasteiger partial charge on any atom is 0.235 e. The second kappa shape index (κ2) is 6.26. The number of rotatable bonds is 3. The molecule has 7 atom stereocenters. The summed E-state index contributed by atoms with van der Waals surface area (Å²) in [7, 11) is 0. The average Bonchev–Trinajstić information content (AvgIpc) is 2.61. The van der Waals surface area contributed by atoms with E-state index in [2.05, 4.69) is 43.8 Å². The standard InChI is InChI=1S/C23H32N2O2/c1-15(2)17-12-23-9-6-18-21(3,7-5-8-22(18,4)25-14-27)19(23)10-16(17)11-20(23)24-13-26/h12,15-16,18-20H,5-11H2,1-4H3. The summed E-state index contributed by atoms with van der Waals surface area (Å²) in [6.07, 6.45) is 13.9. The van der Waals surface area contributed by atoms with Gasteiger partial charge in [0, 0.05) is 5.41 Å². The molecule has 7 unspecified atom stereocenters. The molecule has 0 radical (unpaired) electrons. The van der Waals surface area contributed by atoms with Gasteiger partial charge in [-0.15, -0.1) is 0 Å². The molecule has 2 bridgehead atoms. The second-order valence-corrected chi connectivity index (χ2v) is 10.4. The van der Waals surface area contributed by atoms with Gasteiger partial charge in [-0.1, -0.05) is 38.8 Å². The first-order valence-electron chi connectivity index (χ1n) is 10.7. The molecule has 0 aromatic heterocycles. The molecule has 5 rings (SSSR count). The number of carbonyl (C=O) groups excluding carboxylic acids is 2. The minimum Gasteiger partial charge on any atom is -0.211 e. The number of allylic oxidation sites excluding steroid dienone is 1. The minimum atomic E-state index is -0.291. The summed E-state index contributed by atoms with van der Waals surface area (Å²) in [5.74, 6) is 1.99. The van der Waals surface area contributed by atoms with E-state index in [0.29, 0.717) is 23.7 Å². The number of hydrogen-bond acceptors (Lipinski definition) is 4. The summed E-state index contributed by atoms with van der Waals surface area (Å²) in [6.45, 7) is 9.18. The van der Waals surface area contributed by atoms with E-state index in [1.807, 2.05) is 12.2 Å². The highest BCUT2D eigenvalue weighted by molar-refractivity contribution is 5.39. The molecule has 0 amide bonds. The molecule has 0 aromatic carbocycles. The lowest BCUT2D eigenvalue weighted by Crippen LogP contribution is -2.63. The lowest BCUT2D eigenvalue weighted by Gasteiger charge is -2.67. The number of fused-ring (bicyclic) bond motifs is 2. The van der Waals surface area contributed by atoms with E-state index in [-0.39, 0.29) is 22.4 Å². The van der Waals surface area contributed by atoms with Crippen LogP contribution < -0.4 is 0 Å². The van der Waals surface area contributed by atoms with Crippen LogP contribution in [0.25, 0.3) is 0 Å². The van der Waals surface area contributed by atoms with Gasteiger partial charge in [-0.2, -0.15) is 4.99 Å². The van der Waals surface area contributed by atoms with E-state index >= 15 is 0 Å². The first-order valence-corrected chi connectivity index (χ1v) is 10.7. The van der Waals surface area contributed by atoms with Crippen LogP contribution in [0.3, 0.4) is 0 Å². The Balaban J connectivity index is 1.83. The van der Waals surface area contributed by atoms with E-state index in [1.165, 1.54) is 12.8 Å². The van der Waals surface area contributed by atoms with Crippen LogP contribution in [-0.4, -0.2) is 23.7 Å². The van der Waals surface area contributed by atoms with Gasteiger partial charge in [-0.25, -0.2) is 14.6 Å². The van der Waals surface area contributed by atoms with Crippen molar-refractivity contribution in [3.63, 3.8) is 0 Å². The van der Waals surface area contributed by atoms with Crippen LogP contribution in [0.15, 0.2) is 21.6 Å². The molecule has 4 nitrogen and oxygen atoms in total. The first-order chi connectivity index (χ1) is 12.8. The Morgan fingerprint density at radius 2 is 1.85 bits per heavy atom. The largest absolute Gasteiger partial charge is 0.235 e. The van der Waals surface area contributed by atoms with Crippen molar-refractivity contribution in [2.24, 2.45) is 44.5 Å². The number of nitrogens with zero attached hydrogens (tertiary/aromatic N) is 2. The van der Waals surface area contributed by atoms with Gasteiger partial charge in [-0.05, 0) is 74.5 Å². The van der Waals surface area contributed by atoms with E-state index in [1.54, 1.807) is 5.57 Å². The highest BCUT2D eigenvalue weighted by atomic mass is 16.1. The third kappa shape index (κ3) is 2.50. The van der Waals surface area contributed by atoms with Gasteiger partial charge < -0.3 is 0 Å². The normalized spacial score (nSPS) is 48.0. The van der Waals surface area contributed by atoms with Crippen molar-refractivity contribution < 1.29 is 9.59 Å². The van der Waals surface area contributed by atoms with Gasteiger partial charge in [0.15, 0.2) is 0 Å². The average molecular weight is 369 g/mol. The molecular formula is C23H32N2O2. The zero-order valence-electron chi connectivity index (χ0n) is 17.1. The maximum atomic E-state index is 11.2. The molecule has 3 saturated carbocycles. The minimum absolute atomic E-state index is 0.0137. The summed E-state index contributed by atoms with van der Waals surface area (Å²) >= 11 is 0. The van der Waals surface area contributed by atoms with Crippen LogP contribution in [0.1, 0.15) is 72.6 Å². The predicted molar refractivity (Wildman–Crippen MR) is 105 cm³/mol. The zero-order chi connectivity index (χ0) is 19.4. The highest BCUT2D eigenvalue weighted by Crippen LogP contribution is 2.70. The van der Waals surface area contributed by atoms with Crippen LogP contribution in [0.5, 0.6) is 0 Å². The van der Waals surface area contributed by atoms with Gasteiger partial charge in [0.1, 0.15) is 0 Å². The first kappa shape index (κ1) is 18.8. The lowest BCUT2D eigenvalue weighted by atomic mass is 9.38. The van der Waals surface area contributed by atoms with Crippen LogP contribution in [-0.2, 0) is 9.59 Å². The molecule has 3 fully saturated rings. The van der Waals surface area contributed by atoms with Crippen LogP contribution in [0, 0.1) is 34.5 Å². The van der Waals surface area contributed by atoms with Gasteiger partial charge in [0.25, 0.3) is 0 Å². The SMILES string of the molecule is CC(C)C1=CC23CCC4C(C)(N=C=O)CCCC4(C)C2CC1CC3N=C=O. The molecule has 0 aromatic rings. The molecule has 0 aliphatic heterocycles. The summed E-state index contributed by atoms with van der Waals surface area (Å²) in [4.78, 5) is 31.1. The van der Waals surface area contributed by atoms with Crippen molar-refractivity contribution in [2.45, 2.75) is 84.2 Å². The molecule has 0 heterocycles. The van der Waals surface area contributed by atoms with E-state index in [0.717, 1.165) is 32.1 Å². The Morgan fingerprint density at radius 1 is 1.07 bits per heavy atom. The van der Waals surface area contributed by atoms with Crippen LogP contribution in [0.4, 0.5) is 0 Å². The zero-order valence-corrected chi connectivity index (χ0v) is 17.1. The number of aliphatic imine (C=N–C) groups is 2. The molecule has 1 spiro atoms. The van der Waals surface area contributed by atoms with E-state index in [9.17, 15) is 9.59 Å². The molecule has 4 heteroatoms. The van der Waals surface area contributed by atoms with Crippen molar-refractivity contribution in [3.8, 4) is 0 Å². The maximum absolute atomic E-state index is 11.2. The van der Waals surface area contributed by atoms with Crippen molar-refractivity contribution in [1.82, 2.24) is 0 Å². The van der Waals surface area contributed by atoms with Crippen molar-refractivity contribution in [3.05, 3.63) is 11.6 Å². The van der Waals surface area contributed by atoms with Crippen molar-refractivity contribution in [2.75, 3.05) is 0 Å².